The number of carbonyl (C=O) groups excluding carboxylic acids is 2. The molecule has 1 N–H and O–H groups in total. The van der Waals surface area contributed by atoms with Gasteiger partial charge in [0.05, 0.1) is 25.9 Å². The molecular weight excluding hydrogens is 330 g/mol. The van der Waals surface area contributed by atoms with Crippen LogP contribution in [-0.2, 0) is 9.59 Å². The zero-order valence-electron chi connectivity index (χ0n) is 16.0. The van der Waals surface area contributed by atoms with Gasteiger partial charge in [-0.25, -0.2) is 0 Å². The van der Waals surface area contributed by atoms with E-state index in [9.17, 15) is 9.59 Å². The summed E-state index contributed by atoms with van der Waals surface area (Å²) in [7, 11) is 1.57. The minimum Gasteiger partial charge on any atom is -0.495 e. The lowest BCUT2D eigenvalue weighted by Gasteiger charge is -2.26. The summed E-state index contributed by atoms with van der Waals surface area (Å²) < 4.78 is 5.26. The summed E-state index contributed by atoms with van der Waals surface area (Å²) in [6.07, 6.45) is 5.60. The molecule has 0 aliphatic carbocycles. The zero-order valence-corrected chi connectivity index (χ0v) is 16.0. The van der Waals surface area contributed by atoms with Crippen LogP contribution < -0.4 is 10.1 Å². The Morgan fingerprint density at radius 3 is 2.50 bits per heavy atom. The van der Waals surface area contributed by atoms with Gasteiger partial charge in [-0.05, 0) is 44.5 Å². The fourth-order valence-electron chi connectivity index (χ4n) is 3.26. The Morgan fingerprint density at radius 2 is 1.85 bits per heavy atom. The summed E-state index contributed by atoms with van der Waals surface area (Å²) in [5.74, 6) is 0.440. The number of ether oxygens (including phenoxy) is 1. The molecule has 0 radical (unpaired) electrons. The highest BCUT2D eigenvalue weighted by atomic mass is 16.5. The second-order valence-corrected chi connectivity index (χ2v) is 6.75. The highest BCUT2D eigenvalue weighted by molar-refractivity contribution is 5.95. The number of likely N-dealkylation sites (tertiary alicyclic amines) is 1. The van der Waals surface area contributed by atoms with E-state index in [-0.39, 0.29) is 18.4 Å². The van der Waals surface area contributed by atoms with Crippen LogP contribution in [0.2, 0.25) is 0 Å². The number of para-hydroxylation sites is 2. The molecule has 2 amide bonds. The molecule has 1 fully saturated rings. The number of nitrogens with one attached hydrogen (secondary N) is 1. The molecule has 0 aromatic heterocycles. The highest BCUT2D eigenvalue weighted by Gasteiger charge is 2.20. The Morgan fingerprint density at radius 1 is 1.15 bits per heavy atom. The number of benzene rings is 1. The number of rotatable bonds is 8. The van der Waals surface area contributed by atoms with Crippen molar-refractivity contribution < 1.29 is 14.3 Å². The Balaban J connectivity index is 1.93. The number of hydrogen-bond acceptors (Lipinski definition) is 4. The summed E-state index contributed by atoms with van der Waals surface area (Å²) in [5.41, 5.74) is 0.622. The molecule has 6 nitrogen and oxygen atoms in total. The van der Waals surface area contributed by atoms with E-state index in [4.69, 9.17) is 4.74 Å². The van der Waals surface area contributed by atoms with Crippen molar-refractivity contribution in [2.24, 2.45) is 0 Å². The molecule has 0 atom stereocenters. The monoisotopic (exact) mass is 361 g/mol. The van der Waals surface area contributed by atoms with Gasteiger partial charge in [0.2, 0.25) is 11.8 Å². The van der Waals surface area contributed by atoms with E-state index in [1.807, 2.05) is 19.1 Å². The molecule has 2 rings (SSSR count). The second kappa shape index (κ2) is 10.8. The zero-order chi connectivity index (χ0) is 18.8. The quantitative estimate of drug-likeness (QED) is 0.773. The first-order chi connectivity index (χ1) is 12.6. The minimum absolute atomic E-state index is 0.0314. The SMILES string of the molecule is CCCN(CC(=O)Nc1ccccc1OC)C(=O)CN1CCCCCC1. The van der Waals surface area contributed by atoms with Gasteiger partial charge in [0.15, 0.2) is 0 Å². The summed E-state index contributed by atoms with van der Waals surface area (Å²) >= 11 is 0. The van der Waals surface area contributed by atoms with E-state index in [1.165, 1.54) is 12.8 Å². The van der Waals surface area contributed by atoms with Gasteiger partial charge in [-0.2, -0.15) is 0 Å². The first kappa shape index (κ1) is 20.2. The summed E-state index contributed by atoms with van der Waals surface area (Å²) in [5, 5.41) is 2.85. The van der Waals surface area contributed by atoms with Crippen LogP contribution >= 0.6 is 0 Å². The molecule has 1 aromatic carbocycles. The van der Waals surface area contributed by atoms with Crippen LogP contribution in [0.5, 0.6) is 5.75 Å². The van der Waals surface area contributed by atoms with Gasteiger partial charge < -0.3 is 15.0 Å². The lowest BCUT2D eigenvalue weighted by molar-refractivity contribution is -0.135. The van der Waals surface area contributed by atoms with Crippen molar-refractivity contribution in [2.45, 2.75) is 39.0 Å². The standard InChI is InChI=1S/C20H31N3O3/c1-3-12-23(20(25)16-22-13-8-4-5-9-14-22)15-19(24)21-17-10-6-7-11-18(17)26-2/h6-7,10-11H,3-5,8-9,12-16H2,1-2H3,(H,21,24). The van der Waals surface area contributed by atoms with E-state index in [0.29, 0.717) is 24.5 Å². The third kappa shape index (κ3) is 6.33. The lowest BCUT2D eigenvalue weighted by atomic mass is 10.2. The van der Waals surface area contributed by atoms with Crippen LogP contribution in [0.15, 0.2) is 24.3 Å². The first-order valence-corrected chi connectivity index (χ1v) is 9.57. The van der Waals surface area contributed by atoms with E-state index in [0.717, 1.165) is 32.4 Å². The van der Waals surface area contributed by atoms with Gasteiger partial charge in [0.1, 0.15) is 5.75 Å². The Labute approximate surface area is 156 Å². The molecule has 0 unspecified atom stereocenters. The molecule has 1 heterocycles. The first-order valence-electron chi connectivity index (χ1n) is 9.57. The predicted molar refractivity (Wildman–Crippen MR) is 103 cm³/mol. The van der Waals surface area contributed by atoms with Crippen molar-refractivity contribution in [2.75, 3.05) is 45.2 Å². The molecule has 0 bridgehead atoms. The molecule has 0 spiro atoms. The maximum Gasteiger partial charge on any atom is 0.244 e. The van der Waals surface area contributed by atoms with Gasteiger partial charge in [-0.1, -0.05) is 31.9 Å². The van der Waals surface area contributed by atoms with E-state index in [1.54, 1.807) is 24.1 Å². The summed E-state index contributed by atoms with van der Waals surface area (Å²) in [4.78, 5) is 29.0. The van der Waals surface area contributed by atoms with Crippen LogP contribution in [0.4, 0.5) is 5.69 Å². The van der Waals surface area contributed by atoms with E-state index < -0.39 is 0 Å². The average Bonchev–Trinajstić information content (AvgIpc) is 2.90. The topological polar surface area (TPSA) is 61.9 Å². The Bertz CT molecular complexity index is 583. The van der Waals surface area contributed by atoms with Gasteiger partial charge >= 0.3 is 0 Å². The van der Waals surface area contributed by atoms with Crippen molar-refractivity contribution in [3.8, 4) is 5.75 Å². The number of carbonyl (C=O) groups is 2. The lowest BCUT2D eigenvalue weighted by Crippen LogP contribution is -2.44. The van der Waals surface area contributed by atoms with Crippen molar-refractivity contribution >= 4 is 17.5 Å². The molecule has 1 aliphatic rings. The average molecular weight is 361 g/mol. The van der Waals surface area contributed by atoms with Crippen molar-refractivity contribution in [1.29, 1.82) is 0 Å². The summed E-state index contributed by atoms with van der Waals surface area (Å²) in [6, 6.07) is 7.28. The molecule has 1 aromatic rings. The van der Waals surface area contributed by atoms with Crippen LogP contribution in [0.3, 0.4) is 0 Å². The molecule has 1 aliphatic heterocycles. The second-order valence-electron chi connectivity index (χ2n) is 6.75. The van der Waals surface area contributed by atoms with E-state index >= 15 is 0 Å². The van der Waals surface area contributed by atoms with Crippen LogP contribution in [0.1, 0.15) is 39.0 Å². The van der Waals surface area contributed by atoms with Crippen LogP contribution in [-0.4, -0.2) is 61.4 Å². The largest absolute Gasteiger partial charge is 0.495 e. The molecular formula is C20H31N3O3. The smallest absolute Gasteiger partial charge is 0.244 e. The fourth-order valence-corrected chi connectivity index (χ4v) is 3.26. The van der Waals surface area contributed by atoms with Crippen LogP contribution in [0.25, 0.3) is 0 Å². The maximum atomic E-state index is 12.7. The predicted octanol–water partition coefficient (Wildman–Crippen LogP) is 2.75. The number of anilines is 1. The van der Waals surface area contributed by atoms with Crippen molar-refractivity contribution in [1.82, 2.24) is 9.80 Å². The molecule has 144 valence electrons. The summed E-state index contributed by atoms with van der Waals surface area (Å²) in [6.45, 7) is 5.02. The number of amides is 2. The van der Waals surface area contributed by atoms with E-state index in [2.05, 4.69) is 10.2 Å². The number of methoxy groups -OCH3 is 1. The number of hydrogen-bond donors (Lipinski definition) is 1. The van der Waals surface area contributed by atoms with Gasteiger partial charge in [-0.3, -0.25) is 14.5 Å². The molecule has 1 saturated heterocycles. The normalized spacial score (nSPS) is 15.2. The Hall–Kier alpha value is -2.08. The molecule has 26 heavy (non-hydrogen) atoms. The van der Waals surface area contributed by atoms with Gasteiger partial charge in [0.25, 0.3) is 0 Å². The Kier molecular flexibility index (Phi) is 8.41. The molecule has 0 saturated carbocycles. The molecule has 6 heteroatoms. The third-order valence-electron chi connectivity index (χ3n) is 4.62. The van der Waals surface area contributed by atoms with Crippen LogP contribution in [0, 0.1) is 0 Å². The van der Waals surface area contributed by atoms with Gasteiger partial charge in [0, 0.05) is 6.54 Å². The maximum absolute atomic E-state index is 12.7. The highest BCUT2D eigenvalue weighted by Crippen LogP contribution is 2.22. The fraction of sp³-hybridized carbons (Fsp3) is 0.600. The third-order valence-corrected chi connectivity index (χ3v) is 4.62. The number of nitrogens with zero attached hydrogens (tertiary/aromatic N) is 2. The van der Waals surface area contributed by atoms with Crippen molar-refractivity contribution in [3.05, 3.63) is 24.3 Å². The van der Waals surface area contributed by atoms with Gasteiger partial charge in [-0.15, -0.1) is 0 Å². The van der Waals surface area contributed by atoms with Crippen molar-refractivity contribution in [3.63, 3.8) is 0 Å². The minimum atomic E-state index is -0.202.